The van der Waals surface area contributed by atoms with Gasteiger partial charge in [-0.15, -0.1) is 39.7 Å². The topological polar surface area (TPSA) is 0 Å². The summed E-state index contributed by atoms with van der Waals surface area (Å²) in [7, 11) is 0. The van der Waals surface area contributed by atoms with Gasteiger partial charge in [0.1, 0.15) is 0 Å². The molecular weight excluding hydrogens is 919 g/mol. The number of benzene rings is 6. The van der Waals surface area contributed by atoms with Crippen molar-refractivity contribution in [3.8, 4) is 22.3 Å². The van der Waals surface area contributed by atoms with Crippen LogP contribution >= 0.6 is 0 Å². The summed E-state index contributed by atoms with van der Waals surface area (Å²) in [5.74, 6) is 4.68. The van der Waals surface area contributed by atoms with E-state index in [9.17, 15) is 0 Å². The van der Waals surface area contributed by atoms with Gasteiger partial charge in [-0.3, -0.25) is 6.08 Å². The summed E-state index contributed by atoms with van der Waals surface area (Å²) >= 11 is 1.46. The van der Waals surface area contributed by atoms with Crippen LogP contribution in [0.5, 0.6) is 0 Å². The first-order valence-electron chi connectivity index (χ1n) is 24.0. The molecule has 0 amide bonds. The van der Waals surface area contributed by atoms with Gasteiger partial charge in [-0.1, -0.05) is 140 Å². The quantitative estimate of drug-likeness (QED) is 0.151. The molecular formula is C63H66Cl2Zr-2. The maximum absolute atomic E-state index is 3.49. The van der Waals surface area contributed by atoms with Gasteiger partial charge in [0, 0.05) is 0 Å². The average Bonchev–Trinajstić information content (AvgIpc) is 3.90. The maximum atomic E-state index is 3.49. The molecule has 0 saturated heterocycles. The Labute approximate surface area is 423 Å². The van der Waals surface area contributed by atoms with Crippen LogP contribution in [0, 0.1) is 41.1 Å². The van der Waals surface area contributed by atoms with Gasteiger partial charge < -0.3 is 24.8 Å². The second-order valence-electron chi connectivity index (χ2n) is 21.8. The van der Waals surface area contributed by atoms with Crippen LogP contribution in [0.3, 0.4) is 0 Å². The van der Waals surface area contributed by atoms with E-state index in [0.29, 0.717) is 11.3 Å². The number of hydrogen-bond donors (Lipinski definition) is 0. The molecule has 4 saturated carbocycles. The minimum atomic E-state index is 0. The number of rotatable bonds is 5. The Morgan fingerprint density at radius 3 is 1.29 bits per heavy atom. The summed E-state index contributed by atoms with van der Waals surface area (Å²) in [5, 5.41) is 5.36. The van der Waals surface area contributed by atoms with Crippen molar-refractivity contribution in [2.45, 2.75) is 98.3 Å². The first kappa shape index (κ1) is 49.9. The van der Waals surface area contributed by atoms with E-state index in [2.05, 4.69) is 225 Å². The van der Waals surface area contributed by atoms with E-state index in [4.69, 9.17) is 0 Å². The molecule has 66 heavy (non-hydrogen) atoms. The van der Waals surface area contributed by atoms with Crippen molar-refractivity contribution >= 4 is 24.8 Å². The van der Waals surface area contributed by atoms with Crippen LogP contribution in [-0.2, 0) is 35.1 Å². The fourth-order valence-corrected chi connectivity index (χ4v) is 12.8. The van der Waals surface area contributed by atoms with Gasteiger partial charge in [0.15, 0.2) is 0 Å². The second-order valence-corrected chi connectivity index (χ2v) is 23.0. The van der Waals surface area contributed by atoms with Crippen LogP contribution in [0.2, 0.25) is 0 Å². The molecule has 1 atom stereocenters. The van der Waals surface area contributed by atoms with Crippen molar-refractivity contribution in [2.75, 3.05) is 0 Å². The van der Waals surface area contributed by atoms with Gasteiger partial charge in [-0.2, -0.15) is 11.6 Å². The monoisotopic (exact) mass is 982 g/mol. The molecule has 0 radical (unpaired) electrons. The Balaban J connectivity index is 0.000000164. The van der Waals surface area contributed by atoms with Crippen LogP contribution in [0.25, 0.3) is 43.8 Å². The molecule has 0 nitrogen and oxygen atoms in total. The second kappa shape index (κ2) is 20.3. The zero-order chi connectivity index (χ0) is 44.8. The average molecular weight is 985 g/mol. The molecule has 4 fully saturated rings. The predicted molar refractivity (Wildman–Crippen MR) is 272 cm³/mol. The Morgan fingerprint density at radius 2 is 0.939 bits per heavy atom. The van der Waals surface area contributed by atoms with Gasteiger partial charge in [0.25, 0.3) is 0 Å². The molecule has 7 aromatic carbocycles. The predicted octanol–water partition coefficient (Wildman–Crippen LogP) is 10.8. The summed E-state index contributed by atoms with van der Waals surface area (Å²) in [6.45, 7) is 18.8. The first-order valence-corrected chi connectivity index (χ1v) is 25.2. The fraction of sp³-hybridized carbons (Fsp3) is 0.333. The molecule has 7 aromatic rings. The third-order valence-corrected chi connectivity index (χ3v) is 16.7. The van der Waals surface area contributed by atoms with Crippen LogP contribution in [0.1, 0.15) is 110 Å². The van der Waals surface area contributed by atoms with Gasteiger partial charge in [0.2, 0.25) is 0 Å². The molecule has 0 aliphatic heterocycles. The van der Waals surface area contributed by atoms with Gasteiger partial charge in [-0.25, -0.2) is 6.08 Å². The van der Waals surface area contributed by atoms with E-state index < -0.39 is 0 Å². The molecule has 4 bridgehead atoms. The Bertz CT molecular complexity index is 2630. The van der Waals surface area contributed by atoms with E-state index in [1.807, 2.05) is 0 Å². The third kappa shape index (κ3) is 10.2. The molecule has 5 aliphatic rings. The molecule has 0 heterocycles. The molecule has 1 unspecified atom stereocenters. The van der Waals surface area contributed by atoms with E-state index in [0.717, 1.165) is 23.7 Å². The van der Waals surface area contributed by atoms with Crippen LogP contribution in [0.4, 0.5) is 0 Å². The molecule has 3 heteroatoms. The van der Waals surface area contributed by atoms with Crippen molar-refractivity contribution in [2.24, 2.45) is 35.0 Å². The van der Waals surface area contributed by atoms with E-state index >= 15 is 0 Å². The van der Waals surface area contributed by atoms with Crippen molar-refractivity contribution < 1.29 is 49.0 Å². The Hall–Kier alpha value is -4.00. The van der Waals surface area contributed by atoms with Crippen LogP contribution < -0.4 is 24.8 Å². The van der Waals surface area contributed by atoms with E-state index in [-0.39, 0.29) is 35.6 Å². The minimum absolute atomic E-state index is 0. The summed E-state index contributed by atoms with van der Waals surface area (Å²) in [5.41, 5.74) is 13.0. The summed E-state index contributed by atoms with van der Waals surface area (Å²) in [6, 6.07) is 54.8. The van der Waals surface area contributed by atoms with Crippen molar-refractivity contribution in [3.05, 3.63) is 198 Å². The molecule has 12 rings (SSSR count). The molecule has 0 aromatic heterocycles. The van der Waals surface area contributed by atoms with Crippen molar-refractivity contribution in [1.29, 1.82) is 0 Å². The van der Waals surface area contributed by atoms with E-state index in [1.54, 1.807) is 12.0 Å². The third-order valence-electron chi connectivity index (χ3n) is 15.3. The number of halogens is 2. The number of hydrogen-bond acceptors (Lipinski definition) is 0. The Kier molecular flexibility index (Phi) is 15.4. The summed E-state index contributed by atoms with van der Waals surface area (Å²) in [4.78, 5) is 0. The van der Waals surface area contributed by atoms with Gasteiger partial charge >= 0.3 is 99.2 Å². The zero-order valence-electron chi connectivity index (χ0n) is 40.3. The van der Waals surface area contributed by atoms with Gasteiger partial charge in [0.05, 0.1) is 0 Å². The normalized spacial score (nSPS) is 22.6. The Morgan fingerprint density at radius 1 is 0.561 bits per heavy atom. The molecule has 0 N–H and O–H groups in total. The SMILES string of the molecule is CC(C)(C)c1cc2c(cc1-c1ccccc1)[cH-]c1cc(-c3ccccc3)c(C(C)(C)C)cc12.CC1[C-]=CC(C2(C)C3CC4CC(C3)CC2C4)=C1.[Cl-].[Cl-].[Zr+2]=[C](c1ccccc1)c1ccccc1. The zero-order valence-corrected chi connectivity index (χ0v) is 44.2. The van der Waals surface area contributed by atoms with Crippen molar-refractivity contribution in [3.63, 3.8) is 0 Å². The van der Waals surface area contributed by atoms with Crippen LogP contribution in [0.15, 0.2) is 169 Å². The molecule has 5 aliphatic carbocycles. The van der Waals surface area contributed by atoms with Gasteiger partial charge in [-0.05, 0) is 100.0 Å². The first-order chi connectivity index (χ1) is 30.7. The molecule has 0 spiro atoms. The van der Waals surface area contributed by atoms with Crippen molar-refractivity contribution in [1.82, 2.24) is 0 Å². The van der Waals surface area contributed by atoms with Crippen LogP contribution in [-0.4, -0.2) is 3.21 Å². The summed E-state index contributed by atoms with van der Waals surface area (Å²) < 4.78 is 1.42. The number of fused-ring (bicyclic) bond motifs is 3. The fourth-order valence-electron chi connectivity index (χ4n) is 12.0. The number of allylic oxidation sites excluding steroid dienone is 4. The summed E-state index contributed by atoms with van der Waals surface area (Å²) in [6.07, 6.45) is 15.9. The van der Waals surface area contributed by atoms with E-state index in [1.165, 1.54) is 119 Å². The standard InChI is InChI=1S/C33H33.C17H23.C13H10.2ClH.Zr/c1-32(2,3)30-20-26-24(18-28(30)22-13-9-7-10-14-22)17-25-19-29(23-15-11-8-12-16-23)31(21-27(25)26)33(4,5)6;1-11-3-4-14(5-11)17(2)15-7-12-6-13(9-15)10-16(17)8-12;1-3-7-12(8-4-1)11-13-9-5-2-6-10-13;;;/h7-21H,1-6H3;4-5,11-13,15-16H,6-10H2,1-2H3;1-10H;2*1H;/q2*-1;;;;+2/p-2. The molecule has 338 valence electrons.